The van der Waals surface area contributed by atoms with Crippen LogP contribution < -0.4 is 15.4 Å². The zero-order valence-electron chi connectivity index (χ0n) is 21.1. The molecule has 2 aromatic rings. The van der Waals surface area contributed by atoms with Crippen molar-refractivity contribution >= 4 is 29.1 Å². The summed E-state index contributed by atoms with van der Waals surface area (Å²) < 4.78 is 5.30. The molecule has 0 spiro atoms. The van der Waals surface area contributed by atoms with Gasteiger partial charge in [-0.25, -0.2) is 0 Å². The van der Waals surface area contributed by atoms with Gasteiger partial charge in [0.05, 0.1) is 35.5 Å². The van der Waals surface area contributed by atoms with E-state index in [0.29, 0.717) is 34.8 Å². The quantitative estimate of drug-likeness (QED) is 0.506. The Balaban J connectivity index is 1.65. The van der Waals surface area contributed by atoms with Gasteiger partial charge in [0.25, 0.3) is 0 Å². The SMILES string of the molecule is CCc1ccccc1NC(=O)CSC1=C(C#N)[C@@H](c2ccc(OC)cc2)C2=C(CC(C)(C)CC2=O)N1. The second-order valence-corrected chi connectivity index (χ2v) is 10.9. The van der Waals surface area contributed by atoms with Crippen molar-refractivity contribution in [3.8, 4) is 11.8 Å². The molecular weight excluding hydrogens is 470 g/mol. The van der Waals surface area contributed by atoms with Gasteiger partial charge < -0.3 is 15.4 Å². The minimum absolute atomic E-state index is 0.0558. The molecule has 1 aliphatic carbocycles. The van der Waals surface area contributed by atoms with E-state index in [1.165, 1.54) is 11.8 Å². The number of benzene rings is 2. The van der Waals surface area contributed by atoms with Gasteiger partial charge in [-0.1, -0.05) is 62.9 Å². The maximum absolute atomic E-state index is 13.3. The van der Waals surface area contributed by atoms with E-state index < -0.39 is 5.92 Å². The van der Waals surface area contributed by atoms with Gasteiger partial charge >= 0.3 is 0 Å². The standard InChI is InChI=1S/C29H31N3O3S/c1-5-18-8-6-7-9-22(18)31-25(34)17-36-28-21(16-30)26(19-10-12-20(35-4)13-11-19)27-23(32-28)14-29(2,3)15-24(27)33/h6-13,26,32H,5,14-15,17H2,1-4H3,(H,31,34)/t26-/m1/s1. The molecule has 0 saturated heterocycles. The summed E-state index contributed by atoms with van der Waals surface area (Å²) in [5, 5.41) is 17.2. The Morgan fingerprint density at radius 1 is 1.19 bits per heavy atom. The highest BCUT2D eigenvalue weighted by Gasteiger charge is 2.42. The number of anilines is 1. The third-order valence-electron chi connectivity index (χ3n) is 6.60. The second-order valence-electron chi connectivity index (χ2n) is 9.87. The molecule has 0 radical (unpaired) electrons. The first-order chi connectivity index (χ1) is 17.3. The molecule has 7 heteroatoms. The number of hydrogen-bond acceptors (Lipinski definition) is 6. The minimum atomic E-state index is -0.480. The number of rotatable bonds is 7. The van der Waals surface area contributed by atoms with E-state index in [-0.39, 0.29) is 22.9 Å². The number of carbonyl (C=O) groups is 2. The van der Waals surface area contributed by atoms with Crippen molar-refractivity contribution in [1.82, 2.24) is 5.32 Å². The number of Topliss-reactive ketones (excluding diaryl/α,β-unsaturated/α-hetero) is 1. The lowest BCUT2D eigenvalue weighted by Crippen LogP contribution is -2.37. The molecule has 36 heavy (non-hydrogen) atoms. The molecule has 1 atom stereocenters. The Bertz CT molecular complexity index is 1290. The van der Waals surface area contributed by atoms with Crippen LogP contribution in [0.5, 0.6) is 5.75 Å². The van der Waals surface area contributed by atoms with Gasteiger partial charge in [0, 0.05) is 23.4 Å². The minimum Gasteiger partial charge on any atom is -0.497 e. The summed E-state index contributed by atoms with van der Waals surface area (Å²) in [5.41, 5.74) is 4.50. The first-order valence-corrected chi connectivity index (χ1v) is 13.1. The highest BCUT2D eigenvalue weighted by atomic mass is 32.2. The summed E-state index contributed by atoms with van der Waals surface area (Å²) in [5.74, 6) is 0.278. The smallest absolute Gasteiger partial charge is 0.234 e. The number of ether oxygens (including phenoxy) is 1. The average molecular weight is 502 g/mol. The number of para-hydroxylation sites is 1. The van der Waals surface area contributed by atoms with Crippen LogP contribution in [0.2, 0.25) is 0 Å². The number of dihydropyridines is 1. The molecule has 0 bridgehead atoms. The molecule has 6 nitrogen and oxygen atoms in total. The van der Waals surface area contributed by atoms with Gasteiger partial charge in [0.1, 0.15) is 5.75 Å². The zero-order chi connectivity index (χ0) is 25.9. The molecule has 0 saturated carbocycles. The van der Waals surface area contributed by atoms with Crippen LogP contribution in [-0.2, 0) is 16.0 Å². The Morgan fingerprint density at radius 3 is 2.58 bits per heavy atom. The zero-order valence-corrected chi connectivity index (χ0v) is 21.9. The first kappa shape index (κ1) is 25.6. The van der Waals surface area contributed by atoms with Crippen molar-refractivity contribution in [2.45, 2.75) is 46.0 Å². The lowest BCUT2D eigenvalue weighted by molar-refractivity contribution is -0.118. The molecule has 2 N–H and O–H groups in total. The van der Waals surface area contributed by atoms with Gasteiger partial charge in [-0.2, -0.15) is 5.26 Å². The lowest BCUT2D eigenvalue weighted by atomic mass is 9.69. The Labute approximate surface area is 216 Å². The summed E-state index contributed by atoms with van der Waals surface area (Å²) in [6.07, 6.45) is 1.94. The molecule has 186 valence electrons. The number of aryl methyl sites for hydroxylation is 1. The van der Waals surface area contributed by atoms with E-state index in [1.54, 1.807) is 7.11 Å². The maximum Gasteiger partial charge on any atom is 0.234 e. The van der Waals surface area contributed by atoms with Crippen molar-refractivity contribution in [3.05, 3.63) is 81.5 Å². The molecule has 0 fully saturated rings. The summed E-state index contributed by atoms with van der Waals surface area (Å²) >= 11 is 1.30. The van der Waals surface area contributed by atoms with E-state index >= 15 is 0 Å². The van der Waals surface area contributed by atoms with E-state index in [2.05, 4.69) is 30.6 Å². The number of thioether (sulfide) groups is 1. The number of nitrogens with zero attached hydrogens (tertiary/aromatic N) is 1. The number of carbonyl (C=O) groups excluding carboxylic acids is 2. The monoisotopic (exact) mass is 501 g/mol. The summed E-state index contributed by atoms with van der Waals surface area (Å²) in [6, 6.07) is 17.6. The van der Waals surface area contributed by atoms with Crippen LogP contribution >= 0.6 is 11.8 Å². The van der Waals surface area contributed by atoms with Crippen LogP contribution in [0.4, 0.5) is 5.69 Å². The van der Waals surface area contributed by atoms with Crippen LogP contribution in [0, 0.1) is 16.7 Å². The van der Waals surface area contributed by atoms with E-state index in [9.17, 15) is 14.9 Å². The number of methoxy groups -OCH3 is 1. The fourth-order valence-corrected chi connectivity index (χ4v) is 5.76. The summed E-state index contributed by atoms with van der Waals surface area (Å²) in [7, 11) is 1.60. The van der Waals surface area contributed by atoms with Crippen molar-refractivity contribution in [1.29, 1.82) is 5.26 Å². The molecular formula is C29H31N3O3S. The van der Waals surface area contributed by atoms with Crippen LogP contribution in [0.15, 0.2) is 70.4 Å². The molecule has 2 aliphatic rings. The van der Waals surface area contributed by atoms with Crippen LogP contribution in [0.25, 0.3) is 0 Å². The summed E-state index contributed by atoms with van der Waals surface area (Å²) in [4.78, 5) is 26.2. The molecule has 4 rings (SSSR count). The van der Waals surface area contributed by atoms with Crippen molar-refractivity contribution in [2.75, 3.05) is 18.2 Å². The molecule has 2 aromatic carbocycles. The fraction of sp³-hybridized carbons (Fsp3) is 0.345. The van der Waals surface area contributed by atoms with E-state index in [0.717, 1.165) is 28.9 Å². The van der Waals surface area contributed by atoms with E-state index in [1.807, 2.05) is 55.5 Å². The number of amides is 1. The van der Waals surface area contributed by atoms with Gasteiger partial charge in [-0.3, -0.25) is 9.59 Å². The Hall–Kier alpha value is -3.50. The highest BCUT2D eigenvalue weighted by molar-refractivity contribution is 8.03. The van der Waals surface area contributed by atoms with Crippen LogP contribution in [-0.4, -0.2) is 24.6 Å². The average Bonchev–Trinajstić information content (AvgIpc) is 2.86. The van der Waals surface area contributed by atoms with Crippen molar-refractivity contribution in [3.63, 3.8) is 0 Å². The maximum atomic E-state index is 13.3. The van der Waals surface area contributed by atoms with Gasteiger partial charge in [0.2, 0.25) is 5.91 Å². The van der Waals surface area contributed by atoms with Crippen molar-refractivity contribution in [2.24, 2.45) is 5.41 Å². The van der Waals surface area contributed by atoms with Crippen LogP contribution in [0.3, 0.4) is 0 Å². The number of nitrogens with one attached hydrogen (secondary N) is 2. The number of allylic oxidation sites excluding steroid dienone is 3. The molecule has 1 aliphatic heterocycles. The molecule has 1 amide bonds. The second kappa shape index (κ2) is 10.6. The van der Waals surface area contributed by atoms with Gasteiger partial charge in [0.15, 0.2) is 5.78 Å². The predicted octanol–water partition coefficient (Wildman–Crippen LogP) is 5.69. The summed E-state index contributed by atoms with van der Waals surface area (Å²) in [6.45, 7) is 6.20. The van der Waals surface area contributed by atoms with E-state index in [4.69, 9.17) is 4.74 Å². The molecule has 0 aromatic heterocycles. The fourth-order valence-electron chi connectivity index (χ4n) is 4.89. The third kappa shape index (κ3) is 5.34. The number of hydrogen-bond donors (Lipinski definition) is 2. The third-order valence-corrected chi connectivity index (χ3v) is 7.61. The number of nitriles is 1. The normalized spacial score (nSPS) is 18.8. The highest BCUT2D eigenvalue weighted by Crippen LogP contribution is 2.48. The lowest BCUT2D eigenvalue weighted by Gasteiger charge is -2.39. The van der Waals surface area contributed by atoms with Gasteiger partial charge in [-0.15, -0.1) is 0 Å². The van der Waals surface area contributed by atoms with Gasteiger partial charge in [-0.05, 0) is 47.6 Å². The Morgan fingerprint density at radius 2 is 1.92 bits per heavy atom. The first-order valence-electron chi connectivity index (χ1n) is 12.1. The molecule has 0 unspecified atom stereocenters. The predicted molar refractivity (Wildman–Crippen MR) is 143 cm³/mol. The van der Waals surface area contributed by atoms with Crippen LogP contribution in [0.1, 0.15) is 50.7 Å². The number of ketones is 1. The largest absolute Gasteiger partial charge is 0.497 e. The topological polar surface area (TPSA) is 91.2 Å². The molecule has 1 heterocycles. The van der Waals surface area contributed by atoms with Crippen molar-refractivity contribution < 1.29 is 14.3 Å². The Kier molecular flexibility index (Phi) is 7.56.